The summed E-state index contributed by atoms with van der Waals surface area (Å²) >= 11 is 0. The monoisotopic (exact) mass is 291 g/mol. The van der Waals surface area contributed by atoms with E-state index >= 15 is 0 Å². The maximum Gasteiger partial charge on any atom is 0.253 e. The maximum atomic E-state index is 13.3. The van der Waals surface area contributed by atoms with Crippen LogP contribution in [0.2, 0.25) is 0 Å². The van der Waals surface area contributed by atoms with Crippen molar-refractivity contribution < 1.29 is 19.0 Å². The van der Waals surface area contributed by atoms with E-state index < -0.39 is 11.4 Å². The van der Waals surface area contributed by atoms with E-state index in [0.717, 1.165) is 6.42 Å². The van der Waals surface area contributed by atoms with Crippen LogP contribution >= 0.6 is 0 Å². The number of benzene rings is 1. The number of aliphatic hydroxyl groups excluding tert-OH is 1. The van der Waals surface area contributed by atoms with Crippen molar-refractivity contribution in [2.45, 2.75) is 31.9 Å². The largest absolute Gasteiger partial charge is 0.384 e. The van der Waals surface area contributed by atoms with Crippen molar-refractivity contribution in [2.24, 2.45) is 0 Å². The van der Waals surface area contributed by atoms with Crippen LogP contribution in [-0.4, -0.2) is 35.9 Å². The lowest BCUT2D eigenvalue weighted by Crippen LogP contribution is -2.50. The van der Waals surface area contributed by atoms with Gasteiger partial charge in [-0.1, -0.05) is 11.8 Å². The summed E-state index contributed by atoms with van der Waals surface area (Å²) < 4.78 is 18.8. The number of carbonyl (C=O) groups excluding carboxylic acids is 1. The van der Waals surface area contributed by atoms with Crippen molar-refractivity contribution in [1.29, 1.82) is 0 Å². The van der Waals surface area contributed by atoms with E-state index in [1.165, 1.54) is 18.2 Å². The average Bonchev–Trinajstić information content (AvgIpc) is 2.76. The van der Waals surface area contributed by atoms with Gasteiger partial charge in [-0.3, -0.25) is 4.79 Å². The Labute approximate surface area is 123 Å². The normalized spacial score (nSPS) is 24.3. The van der Waals surface area contributed by atoms with Crippen LogP contribution in [-0.2, 0) is 4.74 Å². The van der Waals surface area contributed by atoms with Gasteiger partial charge >= 0.3 is 0 Å². The second kappa shape index (κ2) is 6.25. The quantitative estimate of drug-likeness (QED) is 0.811. The molecule has 0 spiro atoms. The highest BCUT2D eigenvalue weighted by Gasteiger charge is 2.38. The Kier molecular flexibility index (Phi) is 4.61. The number of ether oxygens (including phenoxy) is 1. The van der Waals surface area contributed by atoms with Gasteiger partial charge in [-0.15, -0.1) is 0 Å². The molecule has 1 fully saturated rings. The molecule has 2 unspecified atom stereocenters. The Morgan fingerprint density at radius 2 is 2.38 bits per heavy atom. The highest BCUT2D eigenvalue weighted by Crippen LogP contribution is 2.25. The molecule has 112 valence electrons. The summed E-state index contributed by atoms with van der Waals surface area (Å²) in [5.41, 5.74) is 0.0991. The van der Waals surface area contributed by atoms with Crippen LogP contribution < -0.4 is 5.32 Å². The van der Waals surface area contributed by atoms with E-state index in [1.54, 1.807) is 0 Å². The lowest BCUT2D eigenvalue weighted by atomic mass is 9.93. The SMILES string of the molecule is CC1OCCC1(C)NC(=O)c1ccc(F)cc1C#CCO. The van der Waals surface area contributed by atoms with E-state index in [-0.39, 0.29) is 29.7 Å². The third-order valence-corrected chi connectivity index (χ3v) is 3.81. The number of halogens is 1. The number of aliphatic hydroxyl groups is 1. The first-order chi connectivity index (χ1) is 9.96. The number of carbonyl (C=O) groups is 1. The van der Waals surface area contributed by atoms with Crippen molar-refractivity contribution >= 4 is 5.91 Å². The first-order valence-corrected chi connectivity index (χ1v) is 6.79. The van der Waals surface area contributed by atoms with Gasteiger partial charge in [0.05, 0.1) is 17.2 Å². The molecule has 1 heterocycles. The van der Waals surface area contributed by atoms with Crippen LogP contribution in [0, 0.1) is 17.7 Å². The maximum absolute atomic E-state index is 13.3. The van der Waals surface area contributed by atoms with Gasteiger partial charge < -0.3 is 15.2 Å². The zero-order valence-electron chi connectivity index (χ0n) is 12.1. The molecule has 1 aliphatic heterocycles. The Balaban J connectivity index is 2.27. The molecule has 2 atom stereocenters. The molecule has 1 amide bonds. The van der Waals surface area contributed by atoms with Crippen molar-refractivity contribution in [1.82, 2.24) is 5.32 Å². The average molecular weight is 291 g/mol. The minimum absolute atomic E-state index is 0.0890. The molecule has 4 nitrogen and oxygen atoms in total. The summed E-state index contributed by atoms with van der Waals surface area (Å²) in [6, 6.07) is 3.81. The van der Waals surface area contributed by atoms with Gasteiger partial charge in [0.15, 0.2) is 0 Å². The van der Waals surface area contributed by atoms with Gasteiger partial charge in [-0.25, -0.2) is 4.39 Å². The van der Waals surface area contributed by atoms with Crippen LogP contribution in [0.1, 0.15) is 36.2 Å². The smallest absolute Gasteiger partial charge is 0.253 e. The van der Waals surface area contributed by atoms with Gasteiger partial charge in [0.1, 0.15) is 12.4 Å². The number of hydrogen-bond acceptors (Lipinski definition) is 3. The fourth-order valence-corrected chi connectivity index (χ4v) is 2.28. The molecule has 0 radical (unpaired) electrons. The molecular formula is C16H18FNO3. The van der Waals surface area contributed by atoms with Crippen LogP contribution in [0.25, 0.3) is 0 Å². The number of rotatable bonds is 2. The third-order valence-electron chi connectivity index (χ3n) is 3.81. The van der Waals surface area contributed by atoms with Crippen molar-refractivity contribution in [3.63, 3.8) is 0 Å². The summed E-state index contributed by atoms with van der Waals surface area (Å²) in [6.45, 7) is 4.08. The molecule has 2 N–H and O–H groups in total. The molecule has 21 heavy (non-hydrogen) atoms. The summed E-state index contributed by atoms with van der Waals surface area (Å²) in [5, 5.41) is 11.7. The van der Waals surface area contributed by atoms with Crippen LogP contribution in [0.15, 0.2) is 18.2 Å². The first-order valence-electron chi connectivity index (χ1n) is 6.79. The van der Waals surface area contributed by atoms with Crippen LogP contribution in [0.5, 0.6) is 0 Å². The van der Waals surface area contributed by atoms with Gasteiger partial charge in [-0.05, 0) is 38.5 Å². The van der Waals surface area contributed by atoms with Gasteiger partial charge in [0.2, 0.25) is 0 Å². The van der Waals surface area contributed by atoms with Crippen LogP contribution in [0.3, 0.4) is 0 Å². The molecule has 1 aliphatic rings. The zero-order chi connectivity index (χ0) is 15.5. The van der Waals surface area contributed by atoms with E-state index in [9.17, 15) is 9.18 Å². The third kappa shape index (κ3) is 3.41. The van der Waals surface area contributed by atoms with Gasteiger partial charge in [0, 0.05) is 12.2 Å². The standard InChI is InChI=1S/C16H18FNO3/c1-11-16(2,7-9-21-11)18-15(20)14-6-5-13(17)10-12(14)4-3-8-19/h5-6,10-11,19H,7-9H2,1-2H3,(H,18,20). The summed E-state index contributed by atoms with van der Waals surface area (Å²) in [6.07, 6.45) is 0.632. The molecule has 0 aromatic heterocycles. The molecule has 5 heteroatoms. The second-order valence-corrected chi connectivity index (χ2v) is 5.28. The summed E-state index contributed by atoms with van der Waals surface area (Å²) in [5.74, 6) is 4.24. The highest BCUT2D eigenvalue weighted by molar-refractivity contribution is 5.97. The van der Waals surface area contributed by atoms with E-state index in [0.29, 0.717) is 6.61 Å². The van der Waals surface area contributed by atoms with Crippen molar-refractivity contribution in [3.05, 3.63) is 35.1 Å². The number of nitrogens with one attached hydrogen (secondary N) is 1. The topological polar surface area (TPSA) is 58.6 Å². The zero-order valence-corrected chi connectivity index (χ0v) is 12.1. The molecule has 1 saturated heterocycles. The Morgan fingerprint density at radius 1 is 1.62 bits per heavy atom. The molecular weight excluding hydrogens is 273 g/mol. The van der Waals surface area contributed by atoms with Gasteiger partial charge in [-0.2, -0.15) is 0 Å². The lowest BCUT2D eigenvalue weighted by Gasteiger charge is -2.29. The first kappa shape index (κ1) is 15.5. The minimum atomic E-state index is -0.474. The molecule has 1 aromatic rings. The van der Waals surface area contributed by atoms with Crippen LogP contribution in [0.4, 0.5) is 4.39 Å². The van der Waals surface area contributed by atoms with Crippen molar-refractivity contribution in [2.75, 3.05) is 13.2 Å². The Morgan fingerprint density at radius 3 is 3.00 bits per heavy atom. The summed E-state index contributed by atoms with van der Waals surface area (Å²) in [7, 11) is 0. The lowest BCUT2D eigenvalue weighted by molar-refractivity contribution is 0.0727. The minimum Gasteiger partial charge on any atom is -0.384 e. The predicted octanol–water partition coefficient (Wildman–Crippen LogP) is 1.47. The second-order valence-electron chi connectivity index (χ2n) is 5.28. The number of hydrogen-bond donors (Lipinski definition) is 2. The van der Waals surface area contributed by atoms with E-state index in [4.69, 9.17) is 9.84 Å². The molecule has 1 aromatic carbocycles. The molecule has 0 aliphatic carbocycles. The molecule has 0 bridgehead atoms. The fourth-order valence-electron chi connectivity index (χ4n) is 2.28. The molecule has 2 rings (SSSR count). The van der Waals surface area contributed by atoms with E-state index in [2.05, 4.69) is 17.2 Å². The van der Waals surface area contributed by atoms with E-state index in [1.807, 2.05) is 13.8 Å². The van der Waals surface area contributed by atoms with Crippen molar-refractivity contribution in [3.8, 4) is 11.8 Å². The van der Waals surface area contributed by atoms with Gasteiger partial charge in [0.25, 0.3) is 5.91 Å². The Bertz CT molecular complexity index is 605. The summed E-state index contributed by atoms with van der Waals surface area (Å²) in [4.78, 5) is 12.4. The molecule has 0 saturated carbocycles. The predicted molar refractivity (Wildman–Crippen MR) is 76.3 cm³/mol. The fraction of sp³-hybridized carbons (Fsp3) is 0.438. The Hall–Kier alpha value is -1.90. The number of amides is 1. The highest BCUT2D eigenvalue weighted by atomic mass is 19.1.